The van der Waals surface area contributed by atoms with Gasteiger partial charge in [0, 0.05) is 12.1 Å². The summed E-state index contributed by atoms with van der Waals surface area (Å²) in [7, 11) is 0. The molecule has 0 amide bonds. The molecule has 1 aliphatic rings. The highest BCUT2D eigenvalue weighted by atomic mass is 14.9. The second-order valence-corrected chi connectivity index (χ2v) is 6.31. The molecule has 1 nitrogen and oxygen atoms in total. The molecule has 1 heteroatoms. The minimum Gasteiger partial charge on any atom is -0.312 e. The molecule has 1 atom stereocenters. The van der Waals surface area contributed by atoms with Crippen LogP contribution >= 0.6 is 0 Å². The lowest BCUT2D eigenvalue weighted by Gasteiger charge is -2.26. The Morgan fingerprint density at radius 1 is 0.889 bits per heavy atom. The summed E-state index contributed by atoms with van der Waals surface area (Å²) >= 11 is 0. The lowest BCUT2D eigenvalue weighted by Crippen LogP contribution is -2.37. The highest BCUT2D eigenvalue weighted by molar-refractivity contribution is 4.75. The molecule has 1 aliphatic carbocycles. The van der Waals surface area contributed by atoms with Crippen LogP contribution < -0.4 is 5.32 Å². The summed E-state index contributed by atoms with van der Waals surface area (Å²) in [6.07, 6.45) is 18.6. The third-order valence-corrected chi connectivity index (χ3v) is 4.37. The summed E-state index contributed by atoms with van der Waals surface area (Å²) < 4.78 is 0. The maximum atomic E-state index is 3.83. The van der Waals surface area contributed by atoms with Crippen LogP contribution in [0.25, 0.3) is 0 Å². The van der Waals surface area contributed by atoms with Gasteiger partial charge in [-0.15, -0.1) is 0 Å². The topological polar surface area (TPSA) is 12.0 Å². The summed E-state index contributed by atoms with van der Waals surface area (Å²) in [6, 6.07) is 1.57. The number of unbranched alkanes of at least 4 members (excludes halogenated alkanes) is 6. The molecule has 108 valence electrons. The Morgan fingerprint density at radius 2 is 1.50 bits per heavy atom. The van der Waals surface area contributed by atoms with Crippen molar-refractivity contribution in [3.63, 3.8) is 0 Å². The molecule has 1 N–H and O–H groups in total. The van der Waals surface area contributed by atoms with Crippen LogP contribution in [0.15, 0.2) is 0 Å². The molecule has 0 saturated heterocycles. The second-order valence-electron chi connectivity index (χ2n) is 6.31. The molecule has 0 heterocycles. The fraction of sp³-hybridized carbons (Fsp3) is 1.00. The molecule has 1 saturated carbocycles. The fourth-order valence-corrected chi connectivity index (χ4v) is 3.16. The van der Waals surface area contributed by atoms with E-state index in [1.807, 2.05) is 0 Å². The number of nitrogens with one attached hydrogen (secondary N) is 1. The van der Waals surface area contributed by atoms with Crippen molar-refractivity contribution < 1.29 is 0 Å². The Morgan fingerprint density at radius 3 is 2.17 bits per heavy atom. The normalized spacial score (nSPS) is 19.0. The van der Waals surface area contributed by atoms with Gasteiger partial charge in [0.25, 0.3) is 0 Å². The van der Waals surface area contributed by atoms with Crippen LogP contribution in [0.5, 0.6) is 0 Å². The zero-order valence-corrected chi connectivity index (χ0v) is 12.8. The third kappa shape index (κ3) is 8.13. The maximum Gasteiger partial charge on any atom is 0.00695 e. The van der Waals surface area contributed by atoms with E-state index in [1.165, 1.54) is 83.5 Å². The van der Waals surface area contributed by atoms with Crippen molar-refractivity contribution in [2.45, 2.75) is 109 Å². The van der Waals surface area contributed by atoms with Crippen LogP contribution in [0.2, 0.25) is 0 Å². The molecular formula is C17H35N. The largest absolute Gasteiger partial charge is 0.312 e. The first kappa shape index (κ1) is 16.0. The van der Waals surface area contributed by atoms with Gasteiger partial charge in [0.2, 0.25) is 0 Å². The van der Waals surface area contributed by atoms with Crippen LogP contribution in [0.3, 0.4) is 0 Å². The predicted molar refractivity (Wildman–Crippen MR) is 82.1 cm³/mol. The molecule has 18 heavy (non-hydrogen) atoms. The quantitative estimate of drug-likeness (QED) is 0.511. The van der Waals surface area contributed by atoms with Crippen LogP contribution in [0.1, 0.15) is 97.3 Å². The Hall–Kier alpha value is -0.0400. The van der Waals surface area contributed by atoms with Gasteiger partial charge in [0.15, 0.2) is 0 Å². The van der Waals surface area contributed by atoms with E-state index in [1.54, 1.807) is 0 Å². The first-order valence-electron chi connectivity index (χ1n) is 8.59. The minimum atomic E-state index is 0.740. The van der Waals surface area contributed by atoms with Crippen molar-refractivity contribution in [2.75, 3.05) is 0 Å². The summed E-state index contributed by atoms with van der Waals surface area (Å²) in [5.74, 6) is 0. The Labute approximate surface area is 115 Å². The number of hydrogen-bond donors (Lipinski definition) is 1. The average Bonchev–Trinajstić information content (AvgIpc) is 2.39. The number of hydrogen-bond acceptors (Lipinski definition) is 1. The van der Waals surface area contributed by atoms with Gasteiger partial charge in [-0.25, -0.2) is 0 Å². The molecule has 1 fully saturated rings. The van der Waals surface area contributed by atoms with E-state index in [4.69, 9.17) is 0 Å². The van der Waals surface area contributed by atoms with Crippen LogP contribution in [0.4, 0.5) is 0 Å². The van der Waals surface area contributed by atoms with Crippen LogP contribution in [0, 0.1) is 0 Å². The predicted octanol–water partition coefficient (Wildman–Crippen LogP) is 5.44. The molecule has 0 spiro atoms. The minimum absolute atomic E-state index is 0.740. The molecular weight excluding hydrogens is 218 g/mol. The zero-order valence-electron chi connectivity index (χ0n) is 12.8. The molecule has 0 aromatic carbocycles. The Kier molecular flexibility index (Phi) is 9.65. The maximum absolute atomic E-state index is 3.83. The van der Waals surface area contributed by atoms with Gasteiger partial charge >= 0.3 is 0 Å². The molecule has 0 radical (unpaired) electrons. The highest BCUT2D eigenvalue weighted by Gasteiger charge is 2.14. The number of rotatable bonds is 10. The van der Waals surface area contributed by atoms with Gasteiger partial charge in [-0.1, -0.05) is 71.1 Å². The van der Waals surface area contributed by atoms with Gasteiger partial charge in [-0.3, -0.25) is 0 Å². The van der Waals surface area contributed by atoms with Crippen molar-refractivity contribution in [1.29, 1.82) is 0 Å². The van der Waals surface area contributed by atoms with Gasteiger partial charge in [0.05, 0.1) is 0 Å². The summed E-state index contributed by atoms with van der Waals surface area (Å²) in [5.41, 5.74) is 0. The Bertz CT molecular complexity index is 172. The van der Waals surface area contributed by atoms with Crippen molar-refractivity contribution in [1.82, 2.24) is 5.32 Å². The van der Waals surface area contributed by atoms with E-state index >= 15 is 0 Å². The van der Waals surface area contributed by atoms with Gasteiger partial charge in [-0.2, -0.15) is 0 Å². The van der Waals surface area contributed by atoms with E-state index in [0.717, 1.165) is 12.1 Å². The van der Waals surface area contributed by atoms with E-state index in [0.29, 0.717) is 0 Å². The summed E-state index contributed by atoms with van der Waals surface area (Å²) in [5, 5.41) is 3.83. The molecule has 0 aromatic rings. The van der Waals surface area contributed by atoms with Gasteiger partial charge in [0.1, 0.15) is 0 Å². The molecule has 0 aromatic heterocycles. The molecule has 1 unspecified atom stereocenters. The molecule has 0 bridgehead atoms. The summed E-state index contributed by atoms with van der Waals surface area (Å²) in [4.78, 5) is 0. The first-order chi connectivity index (χ1) is 8.83. The fourth-order valence-electron chi connectivity index (χ4n) is 3.16. The smallest absolute Gasteiger partial charge is 0.00695 e. The van der Waals surface area contributed by atoms with E-state index in [2.05, 4.69) is 19.2 Å². The van der Waals surface area contributed by atoms with Crippen molar-refractivity contribution in [3.05, 3.63) is 0 Å². The van der Waals surface area contributed by atoms with Gasteiger partial charge < -0.3 is 5.32 Å². The third-order valence-electron chi connectivity index (χ3n) is 4.37. The van der Waals surface area contributed by atoms with Crippen molar-refractivity contribution in [2.24, 2.45) is 0 Å². The summed E-state index contributed by atoms with van der Waals surface area (Å²) in [6.45, 7) is 4.67. The first-order valence-corrected chi connectivity index (χ1v) is 8.59. The average molecular weight is 253 g/mol. The van der Waals surface area contributed by atoms with Crippen LogP contribution in [-0.4, -0.2) is 12.1 Å². The van der Waals surface area contributed by atoms with Gasteiger partial charge in [-0.05, 0) is 26.2 Å². The van der Waals surface area contributed by atoms with E-state index in [-0.39, 0.29) is 0 Å². The second kappa shape index (κ2) is 10.8. The lowest BCUT2D eigenvalue weighted by atomic mass is 9.94. The lowest BCUT2D eigenvalue weighted by molar-refractivity contribution is 0.332. The van der Waals surface area contributed by atoms with E-state index < -0.39 is 0 Å². The standard InChI is InChI=1S/C17H35N/c1-3-4-5-6-7-8-10-13-16(2)18-17-14-11-9-12-15-17/h16-18H,3-15H2,1-2H3. The van der Waals surface area contributed by atoms with Crippen LogP contribution in [-0.2, 0) is 0 Å². The van der Waals surface area contributed by atoms with Crippen molar-refractivity contribution >= 4 is 0 Å². The van der Waals surface area contributed by atoms with Crippen molar-refractivity contribution in [3.8, 4) is 0 Å². The Balaban J connectivity index is 1.88. The molecule has 0 aliphatic heterocycles. The zero-order chi connectivity index (χ0) is 13.1. The van der Waals surface area contributed by atoms with E-state index in [9.17, 15) is 0 Å². The highest BCUT2D eigenvalue weighted by Crippen LogP contribution is 2.18. The monoisotopic (exact) mass is 253 g/mol. The molecule has 1 rings (SSSR count). The SMILES string of the molecule is CCCCCCCCCC(C)NC1CCCCC1.